The third-order valence-electron chi connectivity index (χ3n) is 5.14. The van der Waals surface area contributed by atoms with Gasteiger partial charge in [0.1, 0.15) is 17.6 Å². The number of rotatable bonds is 8. The number of ether oxygens (including phenoxy) is 2. The molecule has 1 aromatic carbocycles. The van der Waals surface area contributed by atoms with Crippen molar-refractivity contribution in [3.63, 3.8) is 0 Å². The van der Waals surface area contributed by atoms with Crippen molar-refractivity contribution in [2.75, 3.05) is 53.4 Å². The molecule has 1 saturated carbocycles. The van der Waals surface area contributed by atoms with Crippen molar-refractivity contribution in [3.8, 4) is 11.5 Å². The van der Waals surface area contributed by atoms with Gasteiger partial charge in [-0.05, 0) is 44.0 Å². The lowest BCUT2D eigenvalue weighted by Gasteiger charge is -2.36. The van der Waals surface area contributed by atoms with Crippen LogP contribution in [0.4, 0.5) is 0 Å². The number of halogens is 1. The topological polar surface area (TPSA) is 78.4 Å². The quantitative estimate of drug-likeness (QED) is 0.301. The Morgan fingerprint density at radius 1 is 1.17 bits per heavy atom. The molecule has 2 N–H and O–H groups in total. The van der Waals surface area contributed by atoms with Crippen molar-refractivity contribution in [1.29, 1.82) is 0 Å². The number of carbonyl (C=O) groups is 1. The molecule has 0 aromatic heterocycles. The Balaban J connectivity index is 0.00000320. The minimum Gasteiger partial charge on any atom is -0.497 e. The summed E-state index contributed by atoms with van der Waals surface area (Å²) in [5, 5.41) is 6.45. The highest BCUT2D eigenvalue weighted by atomic mass is 127. The molecule has 9 heteroatoms. The van der Waals surface area contributed by atoms with Gasteiger partial charge in [0.2, 0.25) is 5.91 Å². The number of hydrogen-bond donors (Lipinski definition) is 2. The summed E-state index contributed by atoms with van der Waals surface area (Å²) in [5.41, 5.74) is 0. The fourth-order valence-corrected chi connectivity index (χ4v) is 3.32. The van der Waals surface area contributed by atoms with Crippen molar-refractivity contribution >= 4 is 35.8 Å². The number of nitrogens with zero attached hydrogens (tertiary/aromatic N) is 3. The molecule has 2 fully saturated rings. The van der Waals surface area contributed by atoms with Crippen LogP contribution in [0.3, 0.4) is 0 Å². The number of guanidine groups is 1. The van der Waals surface area contributed by atoms with Crippen molar-refractivity contribution < 1.29 is 14.3 Å². The Morgan fingerprint density at radius 3 is 2.37 bits per heavy atom. The molecule has 1 amide bonds. The highest BCUT2D eigenvalue weighted by molar-refractivity contribution is 14.0. The van der Waals surface area contributed by atoms with Gasteiger partial charge in [-0.15, -0.1) is 24.0 Å². The molecule has 0 spiro atoms. The van der Waals surface area contributed by atoms with Gasteiger partial charge in [-0.2, -0.15) is 0 Å². The van der Waals surface area contributed by atoms with E-state index >= 15 is 0 Å². The van der Waals surface area contributed by atoms with E-state index in [0.717, 1.165) is 56.5 Å². The highest BCUT2D eigenvalue weighted by Gasteiger charge is 2.26. The average molecular weight is 531 g/mol. The summed E-state index contributed by atoms with van der Waals surface area (Å²) in [5.74, 6) is 2.64. The van der Waals surface area contributed by atoms with Gasteiger partial charge >= 0.3 is 0 Å². The first-order valence-corrected chi connectivity index (χ1v) is 10.4. The van der Waals surface area contributed by atoms with Crippen molar-refractivity contribution in [3.05, 3.63) is 24.3 Å². The molecule has 1 aliphatic heterocycles. The summed E-state index contributed by atoms with van der Waals surface area (Å²) >= 11 is 0. The third kappa shape index (κ3) is 7.82. The molecular weight excluding hydrogens is 497 g/mol. The zero-order valence-electron chi connectivity index (χ0n) is 18.1. The molecule has 8 nitrogen and oxygen atoms in total. The van der Waals surface area contributed by atoms with Crippen LogP contribution in [0, 0.1) is 0 Å². The van der Waals surface area contributed by atoms with Crippen molar-refractivity contribution in [2.45, 2.75) is 31.9 Å². The Hall–Kier alpha value is -1.75. The summed E-state index contributed by atoms with van der Waals surface area (Å²) < 4.78 is 11.1. The van der Waals surface area contributed by atoms with Crippen LogP contribution in [0.15, 0.2) is 29.3 Å². The molecule has 1 unspecified atom stereocenters. The van der Waals surface area contributed by atoms with E-state index < -0.39 is 0 Å². The van der Waals surface area contributed by atoms with E-state index in [-0.39, 0.29) is 36.0 Å². The first kappa shape index (κ1) is 24.5. The van der Waals surface area contributed by atoms with Gasteiger partial charge < -0.3 is 25.0 Å². The van der Waals surface area contributed by atoms with Crippen LogP contribution in [0.25, 0.3) is 0 Å². The lowest BCUT2D eigenvalue weighted by Crippen LogP contribution is -2.54. The van der Waals surface area contributed by atoms with E-state index in [2.05, 4.69) is 25.4 Å². The summed E-state index contributed by atoms with van der Waals surface area (Å²) in [6, 6.07) is 8.01. The Morgan fingerprint density at radius 2 is 1.80 bits per heavy atom. The molecular formula is C21H34IN5O3. The summed E-state index contributed by atoms with van der Waals surface area (Å²) in [6.45, 7) is 6.59. The van der Waals surface area contributed by atoms with Gasteiger partial charge in [0, 0.05) is 39.3 Å². The fraction of sp³-hybridized carbons (Fsp3) is 0.619. The number of benzene rings is 1. The number of aliphatic imine (C=N–C) groups is 1. The smallest absolute Gasteiger partial charge is 0.234 e. The molecule has 1 atom stereocenters. The molecule has 1 aliphatic carbocycles. The molecule has 0 radical (unpaired) electrons. The normalized spacial score (nSPS) is 18.2. The van der Waals surface area contributed by atoms with Crippen LogP contribution in [-0.2, 0) is 4.79 Å². The van der Waals surface area contributed by atoms with E-state index in [4.69, 9.17) is 9.47 Å². The van der Waals surface area contributed by atoms with Crippen LogP contribution in [0.1, 0.15) is 19.8 Å². The maximum Gasteiger partial charge on any atom is 0.234 e. The van der Waals surface area contributed by atoms with Gasteiger partial charge in [-0.25, -0.2) is 0 Å². The number of carbonyl (C=O) groups excluding carboxylic acids is 1. The van der Waals surface area contributed by atoms with Crippen LogP contribution in [0.5, 0.6) is 11.5 Å². The average Bonchev–Trinajstić information content (AvgIpc) is 3.54. The van der Waals surface area contributed by atoms with E-state index in [1.165, 1.54) is 0 Å². The SMILES string of the molecule is CN=C(NCC(C)Oc1ccc(OC)cc1)N1CCN(CC(=O)NC2CC2)CC1.I. The molecule has 0 bridgehead atoms. The largest absolute Gasteiger partial charge is 0.497 e. The molecule has 30 heavy (non-hydrogen) atoms. The Kier molecular flexibility index (Phi) is 9.96. The number of hydrogen-bond acceptors (Lipinski definition) is 5. The predicted octanol–water partition coefficient (Wildman–Crippen LogP) is 1.55. The number of methoxy groups -OCH3 is 1. The van der Waals surface area contributed by atoms with E-state index in [9.17, 15) is 4.79 Å². The second-order valence-electron chi connectivity index (χ2n) is 7.64. The summed E-state index contributed by atoms with van der Waals surface area (Å²) in [6.07, 6.45) is 2.25. The minimum atomic E-state index is -0.00689. The molecule has 1 saturated heterocycles. The second kappa shape index (κ2) is 12.2. The molecule has 168 valence electrons. The fourth-order valence-electron chi connectivity index (χ4n) is 3.32. The lowest BCUT2D eigenvalue weighted by atomic mass is 10.3. The molecule has 1 heterocycles. The maximum atomic E-state index is 12.0. The predicted molar refractivity (Wildman–Crippen MR) is 129 cm³/mol. The van der Waals surface area contributed by atoms with Gasteiger partial charge in [-0.1, -0.05) is 0 Å². The van der Waals surface area contributed by atoms with Crippen molar-refractivity contribution in [1.82, 2.24) is 20.4 Å². The first-order chi connectivity index (χ1) is 14.1. The number of nitrogens with one attached hydrogen (secondary N) is 2. The van der Waals surface area contributed by atoms with E-state index in [0.29, 0.717) is 19.1 Å². The van der Waals surface area contributed by atoms with Crippen LogP contribution < -0.4 is 20.1 Å². The Labute approximate surface area is 196 Å². The van der Waals surface area contributed by atoms with Gasteiger partial charge in [0.25, 0.3) is 0 Å². The Bertz CT molecular complexity index is 688. The van der Waals surface area contributed by atoms with Crippen LogP contribution in [0.2, 0.25) is 0 Å². The molecule has 2 aliphatic rings. The number of amides is 1. The monoisotopic (exact) mass is 531 g/mol. The number of piperazine rings is 1. The van der Waals surface area contributed by atoms with Gasteiger partial charge in [0.15, 0.2) is 5.96 Å². The summed E-state index contributed by atoms with van der Waals surface area (Å²) in [7, 11) is 3.45. The van der Waals surface area contributed by atoms with Crippen molar-refractivity contribution in [2.24, 2.45) is 4.99 Å². The van der Waals surface area contributed by atoms with E-state index in [1.54, 1.807) is 14.2 Å². The molecule has 1 aromatic rings. The lowest BCUT2D eigenvalue weighted by molar-refractivity contribution is -0.122. The van der Waals surface area contributed by atoms with Gasteiger partial charge in [-0.3, -0.25) is 14.7 Å². The standard InChI is InChI=1S/C21H33N5O3.HI/c1-16(29-19-8-6-18(28-3)7-9-19)14-23-21(22-2)26-12-10-25(11-13-26)15-20(27)24-17-4-5-17;/h6-9,16-17H,4-5,10-15H2,1-3H3,(H,22,23)(H,24,27);1H. The zero-order valence-corrected chi connectivity index (χ0v) is 20.4. The third-order valence-corrected chi connectivity index (χ3v) is 5.14. The minimum absolute atomic E-state index is 0. The molecule has 3 rings (SSSR count). The van der Waals surface area contributed by atoms with Gasteiger partial charge in [0.05, 0.1) is 20.2 Å². The maximum absolute atomic E-state index is 12.0. The first-order valence-electron chi connectivity index (χ1n) is 10.4. The second-order valence-corrected chi connectivity index (χ2v) is 7.64. The van der Waals surface area contributed by atoms with E-state index in [1.807, 2.05) is 31.2 Å². The highest BCUT2D eigenvalue weighted by Crippen LogP contribution is 2.19. The summed E-state index contributed by atoms with van der Waals surface area (Å²) in [4.78, 5) is 20.8. The van der Waals surface area contributed by atoms with Crippen LogP contribution >= 0.6 is 24.0 Å². The van der Waals surface area contributed by atoms with Crippen LogP contribution in [-0.4, -0.2) is 87.2 Å². The zero-order chi connectivity index (χ0) is 20.6.